The number of rotatable bonds is 4. The van der Waals surface area contributed by atoms with E-state index in [-0.39, 0.29) is 17.6 Å². The average molecular weight is 327 g/mol. The van der Waals surface area contributed by atoms with Gasteiger partial charge in [0.05, 0.1) is 28.5 Å². The molecule has 7 heteroatoms. The minimum absolute atomic E-state index is 0.0116. The molecule has 5 nitrogen and oxygen atoms in total. The molecule has 114 valence electrons. The molecular formula is C14H19ClN4OS. The minimum Gasteiger partial charge on any atom is -0.293 e. The van der Waals surface area contributed by atoms with E-state index in [0.717, 1.165) is 35.0 Å². The summed E-state index contributed by atoms with van der Waals surface area (Å²) in [5.41, 5.74) is 2.10. The molecule has 2 rings (SSSR count). The maximum atomic E-state index is 12.6. The molecule has 0 saturated heterocycles. The Morgan fingerprint density at radius 1 is 1.38 bits per heavy atom. The van der Waals surface area contributed by atoms with Crippen molar-refractivity contribution in [2.75, 3.05) is 0 Å². The fourth-order valence-corrected chi connectivity index (χ4v) is 3.28. The van der Waals surface area contributed by atoms with Gasteiger partial charge in [0.1, 0.15) is 4.88 Å². The number of aryl methyl sites for hydroxylation is 2. The lowest BCUT2D eigenvalue weighted by atomic mass is 9.90. The molecule has 0 atom stereocenters. The molecule has 0 aromatic carbocycles. The van der Waals surface area contributed by atoms with E-state index in [4.69, 9.17) is 11.6 Å². The molecule has 21 heavy (non-hydrogen) atoms. The number of ketones is 1. The van der Waals surface area contributed by atoms with E-state index in [0.29, 0.717) is 9.90 Å². The molecule has 2 heterocycles. The summed E-state index contributed by atoms with van der Waals surface area (Å²) in [4.78, 5) is 13.2. The Morgan fingerprint density at radius 2 is 2.05 bits per heavy atom. The first-order chi connectivity index (χ1) is 9.75. The topological polar surface area (TPSA) is 60.7 Å². The number of Topliss-reactive ketones (excluding diaryl/α,β-unsaturated/α-hetero) is 1. The fourth-order valence-electron chi connectivity index (χ4n) is 2.11. The zero-order valence-electron chi connectivity index (χ0n) is 12.9. The number of hydrogen-bond donors (Lipinski definition) is 0. The van der Waals surface area contributed by atoms with Crippen LogP contribution in [-0.2, 0) is 25.3 Å². The normalized spacial score (nSPS) is 11.9. The lowest BCUT2D eigenvalue weighted by molar-refractivity contribution is 0.0992. The second-order valence-corrected chi connectivity index (χ2v) is 7.12. The van der Waals surface area contributed by atoms with E-state index >= 15 is 0 Å². The molecule has 2 aromatic heterocycles. The SMILES string of the molecule is CCc1nn(C)c(CC(=O)c2snnc2C(C)(C)C)c1Cl. The number of halogens is 1. The molecule has 0 unspecified atom stereocenters. The van der Waals surface area contributed by atoms with E-state index in [1.165, 1.54) is 0 Å². The first kappa shape index (κ1) is 16.1. The van der Waals surface area contributed by atoms with Gasteiger partial charge in [-0.15, -0.1) is 5.10 Å². The summed E-state index contributed by atoms with van der Waals surface area (Å²) in [5.74, 6) is -0.0116. The Labute approximate surface area is 133 Å². The van der Waals surface area contributed by atoms with Gasteiger partial charge in [-0.2, -0.15) is 5.10 Å². The van der Waals surface area contributed by atoms with Crippen molar-refractivity contribution in [1.29, 1.82) is 0 Å². The number of aromatic nitrogens is 4. The van der Waals surface area contributed by atoms with Crippen molar-refractivity contribution in [1.82, 2.24) is 19.4 Å². The summed E-state index contributed by atoms with van der Waals surface area (Å²) in [6.07, 6.45) is 0.964. The molecular weight excluding hydrogens is 308 g/mol. The molecule has 2 aromatic rings. The van der Waals surface area contributed by atoms with Crippen LogP contribution < -0.4 is 0 Å². The zero-order valence-corrected chi connectivity index (χ0v) is 14.5. The highest BCUT2D eigenvalue weighted by atomic mass is 35.5. The van der Waals surface area contributed by atoms with Gasteiger partial charge in [0.2, 0.25) is 0 Å². The Bertz CT molecular complexity index is 669. The van der Waals surface area contributed by atoms with Crippen molar-refractivity contribution < 1.29 is 4.79 Å². The van der Waals surface area contributed by atoms with E-state index in [2.05, 4.69) is 14.7 Å². The molecule has 0 fully saturated rings. The predicted molar refractivity (Wildman–Crippen MR) is 84.2 cm³/mol. The fraction of sp³-hybridized carbons (Fsp3) is 0.571. The quantitative estimate of drug-likeness (QED) is 0.809. The van der Waals surface area contributed by atoms with Gasteiger partial charge in [-0.05, 0) is 18.0 Å². The highest BCUT2D eigenvalue weighted by molar-refractivity contribution is 7.08. The monoisotopic (exact) mass is 326 g/mol. The van der Waals surface area contributed by atoms with E-state index in [1.807, 2.05) is 34.7 Å². The summed E-state index contributed by atoms with van der Waals surface area (Å²) < 4.78 is 5.62. The van der Waals surface area contributed by atoms with Gasteiger partial charge in [-0.3, -0.25) is 9.48 Å². The molecule has 0 bridgehead atoms. The third-order valence-corrected chi connectivity index (χ3v) is 4.49. The maximum Gasteiger partial charge on any atom is 0.182 e. The van der Waals surface area contributed by atoms with Crippen molar-refractivity contribution in [2.45, 2.75) is 46.0 Å². The largest absolute Gasteiger partial charge is 0.293 e. The molecule has 0 aliphatic carbocycles. The standard InChI is InChI=1S/C14H19ClN4OS/c1-6-8-11(15)9(19(5)17-8)7-10(20)12-13(14(2,3)4)16-18-21-12/h6-7H2,1-5H3. The summed E-state index contributed by atoms with van der Waals surface area (Å²) in [6.45, 7) is 8.05. The summed E-state index contributed by atoms with van der Waals surface area (Å²) in [7, 11) is 1.81. The molecule has 0 N–H and O–H groups in total. The first-order valence-electron chi connectivity index (χ1n) is 6.82. The van der Waals surface area contributed by atoms with Gasteiger partial charge in [0, 0.05) is 12.5 Å². The number of nitrogens with zero attached hydrogens (tertiary/aromatic N) is 4. The molecule has 0 aliphatic heterocycles. The second kappa shape index (κ2) is 5.85. The zero-order chi connectivity index (χ0) is 15.8. The van der Waals surface area contributed by atoms with Crippen LogP contribution in [-0.4, -0.2) is 25.2 Å². The van der Waals surface area contributed by atoms with Gasteiger partial charge in [-0.25, -0.2) is 0 Å². The van der Waals surface area contributed by atoms with Crippen LogP contribution in [0.4, 0.5) is 0 Å². The van der Waals surface area contributed by atoms with Gasteiger partial charge in [-0.1, -0.05) is 43.8 Å². The minimum atomic E-state index is -0.206. The van der Waals surface area contributed by atoms with Crippen LogP contribution in [0.5, 0.6) is 0 Å². The van der Waals surface area contributed by atoms with Crippen LogP contribution in [0, 0.1) is 0 Å². The summed E-state index contributed by atoms with van der Waals surface area (Å²) >= 11 is 7.45. The van der Waals surface area contributed by atoms with Gasteiger partial charge in [0.15, 0.2) is 5.78 Å². The van der Waals surface area contributed by atoms with E-state index in [9.17, 15) is 4.79 Å². The second-order valence-electron chi connectivity index (χ2n) is 5.99. The maximum absolute atomic E-state index is 12.6. The summed E-state index contributed by atoms with van der Waals surface area (Å²) in [6, 6.07) is 0. The predicted octanol–water partition coefficient (Wildman–Crippen LogP) is 3.21. The average Bonchev–Trinajstić information content (AvgIpc) is 2.98. The Balaban J connectivity index is 2.32. The van der Waals surface area contributed by atoms with Crippen LogP contribution in [0.25, 0.3) is 0 Å². The van der Waals surface area contributed by atoms with Crippen LogP contribution >= 0.6 is 23.1 Å². The van der Waals surface area contributed by atoms with Gasteiger partial charge in [0.25, 0.3) is 0 Å². The van der Waals surface area contributed by atoms with Crippen molar-refractivity contribution in [2.24, 2.45) is 7.05 Å². The lowest BCUT2D eigenvalue weighted by Gasteiger charge is -2.15. The van der Waals surface area contributed by atoms with Crippen LogP contribution in [0.1, 0.15) is 54.4 Å². The third-order valence-electron chi connectivity index (χ3n) is 3.28. The molecule has 0 amide bonds. The van der Waals surface area contributed by atoms with E-state index in [1.54, 1.807) is 4.68 Å². The van der Waals surface area contributed by atoms with Crippen molar-refractivity contribution in [3.05, 3.63) is 27.0 Å². The van der Waals surface area contributed by atoms with Crippen molar-refractivity contribution >= 4 is 28.9 Å². The summed E-state index contributed by atoms with van der Waals surface area (Å²) in [5, 5.41) is 9.03. The Morgan fingerprint density at radius 3 is 2.57 bits per heavy atom. The highest BCUT2D eigenvalue weighted by Gasteiger charge is 2.27. The molecule has 0 spiro atoms. The first-order valence-corrected chi connectivity index (χ1v) is 7.97. The number of carbonyl (C=O) groups is 1. The molecule has 0 saturated carbocycles. The lowest BCUT2D eigenvalue weighted by Crippen LogP contribution is -2.17. The highest BCUT2D eigenvalue weighted by Crippen LogP contribution is 2.28. The third kappa shape index (κ3) is 3.16. The van der Waals surface area contributed by atoms with Crippen molar-refractivity contribution in [3.8, 4) is 0 Å². The van der Waals surface area contributed by atoms with E-state index < -0.39 is 0 Å². The smallest absolute Gasteiger partial charge is 0.182 e. The molecule has 0 radical (unpaired) electrons. The van der Waals surface area contributed by atoms with Crippen LogP contribution in [0.15, 0.2) is 0 Å². The number of hydrogen-bond acceptors (Lipinski definition) is 5. The van der Waals surface area contributed by atoms with Crippen LogP contribution in [0.2, 0.25) is 5.02 Å². The van der Waals surface area contributed by atoms with Gasteiger partial charge < -0.3 is 0 Å². The van der Waals surface area contributed by atoms with Crippen molar-refractivity contribution in [3.63, 3.8) is 0 Å². The Kier molecular flexibility index (Phi) is 4.49. The van der Waals surface area contributed by atoms with Crippen LogP contribution in [0.3, 0.4) is 0 Å². The van der Waals surface area contributed by atoms with Gasteiger partial charge >= 0.3 is 0 Å². The molecule has 0 aliphatic rings. The Hall–Kier alpha value is -1.27. The number of carbonyl (C=O) groups excluding carboxylic acids is 1.